The lowest BCUT2D eigenvalue weighted by Crippen LogP contribution is -3.14. The van der Waals surface area contributed by atoms with E-state index in [1.165, 1.54) is 4.90 Å². The van der Waals surface area contributed by atoms with Gasteiger partial charge in [0, 0.05) is 38.0 Å². The number of piperidine rings is 1. The maximum Gasteiger partial charge on any atom is 0.275 e. The minimum Gasteiger partial charge on any atom is -0.383 e. The van der Waals surface area contributed by atoms with E-state index in [9.17, 15) is 9.59 Å². The van der Waals surface area contributed by atoms with Crippen molar-refractivity contribution < 1.29 is 19.2 Å². The van der Waals surface area contributed by atoms with Gasteiger partial charge in [-0.05, 0) is 0 Å². The summed E-state index contributed by atoms with van der Waals surface area (Å²) in [6.45, 7) is 9.23. The third-order valence-electron chi connectivity index (χ3n) is 3.75. The van der Waals surface area contributed by atoms with Gasteiger partial charge in [-0.25, -0.2) is 0 Å². The second-order valence-corrected chi connectivity index (χ2v) is 6.77. The third-order valence-corrected chi connectivity index (χ3v) is 3.75. The predicted octanol–water partition coefficient (Wildman–Crippen LogP) is -1.04. The standard InChI is InChI=1S/C15H29N3O3/c1-15(2,3)14(20)17-12-5-8-18(9-6-12)11-13(19)16-7-10-21-4/h12H,5-11H2,1-4H3,(H,16,19)(H,17,20)/p+1. The van der Waals surface area contributed by atoms with Crippen molar-refractivity contribution >= 4 is 11.8 Å². The van der Waals surface area contributed by atoms with Crippen molar-refractivity contribution in [2.75, 3.05) is 39.9 Å². The fourth-order valence-electron chi connectivity index (χ4n) is 2.33. The van der Waals surface area contributed by atoms with E-state index in [4.69, 9.17) is 4.74 Å². The Morgan fingerprint density at radius 2 is 1.86 bits per heavy atom. The lowest BCUT2D eigenvalue weighted by atomic mass is 9.94. The van der Waals surface area contributed by atoms with Crippen molar-refractivity contribution in [3.63, 3.8) is 0 Å². The van der Waals surface area contributed by atoms with Gasteiger partial charge in [-0.2, -0.15) is 0 Å². The molecule has 0 spiro atoms. The van der Waals surface area contributed by atoms with E-state index >= 15 is 0 Å². The average molecular weight is 300 g/mol. The van der Waals surface area contributed by atoms with Crippen LogP contribution in [0.2, 0.25) is 0 Å². The Bertz CT molecular complexity index is 345. The number of rotatable bonds is 6. The van der Waals surface area contributed by atoms with Crippen LogP contribution >= 0.6 is 0 Å². The highest BCUT2D eigenvalue weighted by atomic mass is 16.5. The van der Waals surface area contributed by atoms with Crippen LogP contribution in [0.25, 0.3) is 0 Å². The average Bonchev–Trinajstić information content (AvgIpc) is 2.40. The largest absolute Gasteiger partial charge is 0.383 e. The molecule has 0 radical (unpaired) electrons. The molecular formula is C15H30N3O3+. The molecule has 0 atom stereocenters. The minimum atomic E-state index is -0.342. The smallest absolute Gasteiger partial charge is 0.275 e. The third kappa shape index (κ3) is 6.91. The van der Waals surface area contributed by atoms with Crippen molar-refractivity contribution in [3.8, 4) is 0 Å². The molecular weight excluding hydrogens is 270 g/mol. The lowest BCUT2D eigenvalue weighted by Gasteiger charge is -2.31. The van der Waals surface area contributed by atoms with Crippen molar-refractivity contribution in [2.24, 2.45) is 5.41 Å². The van der Waals surface area contributed by atoms with Crippen LogP contribution in [-0.2, 0) is 14.3 Å². The molecule has 1 heterocycles. The number of nitrogens with one attached hydrogen (secondary N) is 3. The molecule has 2 amide bonds. The number of carbonyl (C=O) groups excluding carboxylic acids is 2. The minimum absolute atomic E-state index is 0.0687. The van der Waals surface area contributed by atoms with Crippen molar-refractivity contribution in [1.29, 1.82) is 0 Å². The highest BCUT2D eigenvalue weighted by Gasteiger charge is 2.28. The summed E-state index contributed by atoms with van der Waals surface area (Å²) >= 11 is 0. The molecule has 1 rings (SSSR count). The van der Waals surface area contributed by atoms with Gasteiger partial charge in [-0.15, -0.1) is 0 Å². The van der Waals surface area contributed by atoms with E-state index < -0.39 is 0 Å². The second kappa shape index (κ2) is 8.34. The van der Waals surface area contributed by atoms with Gasteiger partial charge < -0.3 is 20.3 Å². The zero-order chi connectivity index (χ0) is 15.9. The molecule has 21 heavy (non-hydrogen) atoms. The van der Waals surface area contributed by atoms with Crippen LogP contribution in [-0.4, -0.2) is 57.8 Å². The van der Waals surface area contributed by atoms with E-state index in [0.29, 0.717) is 19.7 Å². The lowest BCUT2D eigenvalue weighted by molar-refractivity contribution is -0.897. The molecule has 0 aromatic rings. The number of hydrogen-bond donors (Lipinski definition) is 3. The monoisotopic (exact) mass is 300 g/mol. The Labute approximate surface area is 127 Å². The van der Waals surface area contributed by atoms with Crippen molar-refractivity contribution in [1.82, 2.24) is 10.6 Å². The van der Waals surface area contributed by atoms with Gasteiger partial charge in [0.15, 0.2) is 6.54 Å². The van der Waals surface area contributed by atoms with Crippen LogP contribution in [0, 0.1) is 5.41 Å². The molecule has 0 unspecified atom stereocenters. The number of ether oxygens (including phenoxy) is 1. The first-order chi connectivity index (χ1) is 9.82. The van der Waals surface area contributed by atoms with Crippen LogP contribution in [0.1, 0.15) is 33.6 Å². The first kappa shape index (κ1) is 17.9. The van der Waals surface area contributed by atoms with Crippen molar-refractivity contribution in [3.05, 3.63) is 0 Å². The number of methoxy groups -OCH3 is 1. The van der Waals surface area contributed by atoms with Gasteiger partial charge in [-0.3, -0.25) is 9.59 Å². The molecule has 1 saturated heterocycles. The van der Waals surface area contributed by atoms with Crippen molar-refractivity contribution in [2.45, 2.75) is 39.7 Å². The van der Waals surface area contributed by atoms with Crippen LogP contribution in [0.3, 0.4) is 0 Å². The summed E-state index contributed by atoms with van der Waals surface area (Å²) in [5.74, 6) is 0.174. The van der Waals surface area contributed by atoms with Crippen LogP contribution in [0.5, 0.6) is 0 Å². The Morgan fingerprint density at radius 3 is 2.38 bits per heavy atom. The molecule has 0 aliphatic carbocycles. The number of likely N-dealkylation sites (tertiary alicyclic amines) is 1. The maximum atomic E-state index is 11.9. The SMILES string of the molecule is COCCNC(=O)C[NH+]1CCC(NC(=O)C(C)(C)C)CC1. The Hall–Kier alpha value is -1.14. The fourth-order valence-corrected chi connectivity index (χ4v) is 2.33. The summed E-state index contributed by atoms with van der Waals surface area (Å²) in [6.07, 6.45) is 1.87. The second-order valence-electron chi connectivity index (χ2n) is 6.77. The zero-order valence-electron chi connectivity index (χ0n) is 13.8. The van der Waals surface area contributed by atoms with Crippen LogP contribution in [0.15, 0.2) is 0 Å². The molecule has 0 aromatic heterocycles. The Balaban J connectivity index is 2.23. The van der Waals surface area contributed by atoms with E-state index in [1.54, 1.807) is 7.11 Å². The Morgan fingerprint density at radius 1 is 1.24 bits per heavy atom. The number of hydrogen-bond acceptors (Lipinski definition) is 3. The molecule has 0 aromatic carbocycles. The van der Waals surface area contributed by atoms with Gasteiger partial charge in [0.05, 0.1) is 19.7 Å². The summed E-state index contributed by atoms with van der Waals surface area (Å²) < 4.78 is 4.90. The highest BCUT2D eigenvalue weighted by molar-refractivity contribution is 5.81. The maximum absolute atomic E-state index is 11.9. The molecule has 0 bridgehead atoms. The van der Waals surface area contributed by atoms with E-state index in [0.717, 1.165) is 25.9 Å². The molecule has 1 fully saturated rings. The van der Waals surface area contributed by atoms with E-state index in [-0.39, 0.29) is 23.3 Å². The number of quaternary nitrogens is 1. The summed E-state index contributed by atoms with van der Waals surface area (Å²) in [5.41, 5.74) is -0.342. The number of amides is 2. The molecule has 0 saturated carbocycles. The molecule has 3 N–H and O–H groups in total. The van der Waals surface area contributed by atoms with E-state index in [1.807, 2.05) is 20.8 Å². The molecule has 1 aliphatic rings. The Kier molecular flexibility index (Phi) is 7.11. The highest BCUT2D eigenvalue weighted by Crippen LogP contribution is 2.14. The molecule has 6 heteroatoms. The topological polar surface area (TPSA) is 71.9 Å². The fraction of sp³-hybridized carbons (Fsp3) is 0.867. The molecule has 6 nitrogen and oxygen atoms in total. The molecule has 1 aliphatic heterocycles. The van der Waals surface area contributed by atoms with Gasteiger partial charge >= 0.3 is 0 Å². The summed E-state index contributed by atoms with van der Waals surface area (Å²) in [6, 6.07) is 0.247. The van der Waals surface area contributed by atoms with Gasteiger partial charge in [0.25, 0.3) is 5.91 Å². The summed E-state index contributed by atoms with van der Waals surface area (Å²) in [7, 11) is 1.62. The molecule has 122 valence electrons. The van der Waals surface area contributed by atoms with E-state index in [2.05, 4.69) is 10.6 Å². The quantitative estimate of drug-likeness (QED) is 0.549. The first-order valence-electron chi connectivity index (χ1n) is 7.73. The summed E-state index contributed by atoms with van der Waals surface area (Å²) in [4.78, 5) is 24.9. The van der Waals surface area contributed by atoms with Gasteiger partial charge in [0.1, 0.15) is 0 Å². The number of carbonyl (C=O) groups is 2. The van der Waals surface area contributed by atoms with Crippen LogP contribution < -0.4 is 15.5 Å². The van der Waals surface area contributed by atoms with Gasteiger partial charge in [-0.1, -0.05) is 20.8 Å². The first-order valence-corrected chi connectivity index (χ1v) is 7.73. The normalized spacial score (nSPS) is 22.7. The zero-order valence-corrected chi connectivity index (χ0v) is 13.8. The summed E-state index contributed by atoms with van der Waals surface area (Å²) in [5, 5.41) is 5.94. The van der Waals surface area contributed by atoms with Crippen LogP contribution in [0.4, 0.5) is 0 Å². The predicted molar refractivity (Wildman–Crippen MR) is 81.1 cm³/mol. The van der Waals surface area contributed by atoms with Gasteiger partial charge in [0.2, 0.25) is 5.91 Å².